The largest absolute Gasteiger partial charge is 0.461 e. The first-order chi connectivity index (χ1) is 17.1. The fraction of sp³-hybridized carbons (Fsp3) is 0.750. The number of hydrogen-bond acceptors (Lipinski definition) is 6. The van der Waals surface area contributed by atoms with Crippen molar-refractivity contribution in [3.8, 4) is 0 Å². The van der Waals surface area contributed by atoms with E-state index in [0.717, 1.165) is 19.3 Å². The van der Waals surface area contributed by atoms with Crippen LogP contribution in [0.25, 0.3) is 0 Å². The molecule has 4 unspecified atom stereocenters. The first-order valence-corrected chi connectivity index (χ1v) is 14.3. The number of esters is 1. The summed E-state index contributed by atoms with van der Waals surface area (Å²) in [6, 6.07) is -1.25. The zero-order valence-corrected chi connectivity index (χ0v) is 23.3. The van der Waals surface area contributed by atoms with E-state index in [1.54, 1.807) is 22.7 Å². The molecule has 3 saturated heterocycles. The molecular weight excluding hydrogens is 476 g/mol. The fourth-order valence-electron chi connectivity index (χ4n) is 6.81. The number of aliphatic hydroxyl groups is 1. The Labute approximate surface area is 220 Å². The Balaban J connectivity index is 2.13. The van der Waals surface area contributed by atoms with Gasteiger partial charge in [-0.3, -0.25) is 14.4 Å². The van der Waals surface area contributed by atoms with Gasteiger partial charge in [-0.2, -0.15) is 0 Å². The first-order valence-electron chi connectivity index (χ1n) is 13.4. The molecule has 0 saturated carbocycles. The van der Waals surface area contributed by atoms with Gasteiger partial charge in [0.15, 0.2) is 0 Å². The second-order valence-electron chi connectivity index (χ2n) is 11.1. The Morgan fingerprint density at radius 1 is 1.31 bits per heavy atom. The maximum Gasteiger partial charge on any atom is 0.311 e. The predicted molar refractivity (Wildman–Crippen MR) is 143 cm³/mol. The number of rotatable bonds is 13. The normalized spacial score (nSPS) is 32.4. The van der Waals surface area contributed by atoms with Crippen LogP contribution < -0.4 is 0 Å². The molecule has 3 heterocycles. The van der Waals surface area contributed by atoms with Crippen LogP contribution >= 0.6 is 11.8 Å². The molecule has 36 heavy (non-hydrogen) atoms. The molecule has 1 spiro atoms. The van der Waals surface area contributed by atoms with E-state index in [0.29, 0.717) is 13.0 Å². The minimum atomic E-state index is -0.743. The van der Waals surface area contributed by atoms with Crippen LogP contribution in [0.1, 0.15) is 60.3 Å². The number of nitrogens with zero attached hydrogens (tertiary/aromatic N) is 2. The van der Waals surface area contributed by atoms with Crippen LogP contribution in [-0.4, -0.2) is 80.6 Å². The van der Waals surface area contributed by atoms with E-state index in [2.05, 4.69) is 27.0 Å². The predicted octanol–water partition coefficient (Wildman–Crippen LogP) is 3.66. The Kier molecular flexibility index (Phi) is 9.36. The van der Waals surface area contributed by atoms with Crippen LogP contribution in [0.2, 0.25) is 0 Å². The monoisotopic (exact) mass is 520 g/mol. The van der Waals surface area contributed by atoms with Crippen molar-refractivity contribution < 1.29 is 24.2 Å². The van der Waals surface area contributed by atoms with Crippen molar-refractivity contribution in [1.29, 1.82) is 0 Å². The van der Waals surface area contributed by atoms with Crippen LogP contribution in [0.3, 0.4) is 0 Å². The summed E-state index contributed by atoms with van der Waals surface area (Å²) in [6.07, 6.45) is 6.36. The molecule has 8 heteroatoms. The topological polar surface area (TPSA) is 87.1 Å². The number of carbonyl (C=O) groups is 3. The van der Waals surface area contributed by atoms with Crippen molar-refractivity contribution in [3.05, 3.63) is 25.3 Å². The van der Waals surface area contributed by atoms with E-state index in [1.165, 1.54) is 6.08 Å². The van der Waals surface area contributed by atoms with Gasteiger partial charge >= 0.3 is 5.97 Å². The van der Waals surface area contributed by atoms with Crippen molar-refractivity contribution in [2.45, 2.75) is 88.4 Å². The summed E-state index contributed by atoms with van der Waals surface area (Å²) in [6.45, 7) is 18.1. The number of carbonyl (C=O) groups excluding carboxylic acids is 3. The average Bonchev–Trinajstić information content (AvgIpc) is 3.42. The number of aliphatic hydroxyl groups excluding tert-OH is 1. The van der Waals surface area contributed by atoms with E-state index in [9.17, 15) is 19.5 Å². The molecule has 202 valence electrons. The average molecular weight is 521 g/mol. The minimum Gasteiger partial charge on any atom is -0.461 e. The highest BCUT2D eigenvalue weighted by Crippen LogP contribution is 2.69. The van der Waals surface area contributed by atoms with Crippen LogP contribution in [0, 0.1) is 23.7 Å². The second kappa shape index (κ2) is 11.7. The molecular formula is C28H44N2O5S. The molecule has 3 aliphatic rings. The molecule has 0 aromatic rings. The SMILES string of the molecule is C=CCOC(=O)[C@@H]1[C@H]2C(=O)N([C@@H](CO)CC(C)C)C(C(=O)N(CC=C)C(C)CCC)C23S[C@@H]1CC3C. The summed E-state index contributed by atoms with van der Waals surface area (Å²) < 4.78 is 4.73. The van der Waals surface area contributed by atoms with Gasteiger partial charge in [0.1, 0.15) is 12.6 Å². The summed E-state index contributed by atoms with van der Waals surface area (Å²) in [5, 5.41) is 10.4. The van der Waals surface area contributed by atoms with E-state index >= 15 is 0 Å². The smallest absolute Gasteiger partial charge is 0.311 e. The first kappa shape index (κ1) is 28.8. The minimum absolute atomic E-state index is 0.0159. The van der Waals surface area contributed by atoms with E-state index in [4.69, 9.17) is 4.74 Å². The fourth-order valence-corrected chi connectivity index (χ4v) is 9.20. The summed E-state index contributed by atoms with van der Waals surface area (Å²) in [5.74, 6) is -1.64. The number of ether oxygens (including phenoxy) is 1. The lowest BCUT2D eigenvalue weighted by atomic mass is 9.66. The van der Waals surface area contributed by atoms with Crippen LogP contribution in [0.15, 0.2) is 25.3 Å². The third-order valence-corrected chi connectivity index (χ3v) is 10.3. The van der Waals surface area contributed by atoms with Gasteiger partial charge in [0.05, 0.1) is 29.2 Å². The third-order valence-electron chi connectivity index (χ3n) is 8.23. The lowest BCUT2D eigenvalue weighted by Gasteiger charge is -2.43. The van der Waals surface area contributed by atoms with Crippen molar-refractivity contribution in [1.82, 2.24) is 9.80 Å². The second-order valence-corrected chi connectivity index (χ2v) is 12.6. The zero-order chi connectivity index (χ0) is 26.8. The number of thioether (sulfide) groups is 1. The molecule has 0 aliphatic carbocycles. The molecule has 0 radical (unpaired) electrons. The molecule has 0 aromatic heterocycles. The maximum atomic E-state index is 14.5. The highest BCUT2D eigenvalue weighted by atomic mass is 32.2. The van der Waals surface area contributed by atoms with Gasteiger partial charge in [-0.25, -0.2) is 0 Å². The van der Waals surface area contributed by atoms with Crippen molar-refractivity contribution in [2.75, 3.05) is 19.8 Å². The summed E-state index contributed by atoms with van der Waals surface area (Å²) in [7, 11) is 0. The quantitative estimate of drug-likeness (QED) is 0.295. The zero-order valence-electron chi connectivity index (χ0n) is 22.5. The maximum absolute atomic E-state index is 14.5. The molecule has 2 amide bonds. The Morgan fingerprint density at radius 3 is 2.56 bits per heavy atom. The Bertz CT molecular complexity index is 863. The highest BCUT2D eigenvalue weighted by molar-refractivity contribution is 8.02. The van der Waals surface area contributed by atoms with Crippen LogP contribution in [0.4, 0.5) is 0 Å². The number of likely N-dealkylation sites (tertiary alicyclic amines) is 1. The number of amides is 2. The van der Waals surface area contributed by atoms with Gasteiger partial charge in [-0.15, -0.1) is 18.3 Å². The molecule has 3 fully saturated rings. The van der Waals surface area contributed by atoms with Crippen LogP contribution in [0.5, 0.6) is 0 Å². The number of hydrogen-bond donors (Lipinski definition) is 1. The molecule has 1 N–H and O–H groups in total. The van der Waals surface area contributed by atoms with Crippen LogP contribution in [-0.2, 0) is 19.1 Å². The lowest BCUT2D eigenvalue weighted by molar-refractivity contribution is -0.154. The molecule has 7 nitrogen and oxygen atoms in total. The van der Waals surface area contributed by atoms with E-state index in [1.807, 2.05) is 25.7 Å². The van der Waals surface area contributed by atoms with E-state index < -0.39 is 28.7 Å². The Morgan fingerprint density at radius 2 is 2.00 bits per heavy atom. The molecule has 0 aromatic carbocycles. The van der Waals surface area contributed by atoms with Gasteiger partial charge in [-0.05, 0) is 38.0 Å². The van der Waals surface area contributed by atoms with Gasteiger partial charge in [0, 0.05) is 17.8 Å². The van der Waals surface area contributed by atoms with Crippen molar-refractivity contribution in [3.63, 3.8) is 0 Å². The molecule has 3 aliphatic heterocycles. The van der Waals surface area contributed by atoms with Crippen molar-refractivity contribution in [2.24, 2.45) is 23.7 Å². The Hall–Kier alpha value is -1.80. The van der Waals surface area contributed by atoms with Crippen molar-refractivity contribution >= 4 is 29.5 Å². The van der Waals surface area contributed by atoms with Gasteiger partial charge in [0.25, 0.3) is 0 Å². The highest BCUT2D eigenvalue weighted by Gasteiger charge is 2.77. The summed E-state index contributed by atoms with van der Waals surface area (Å²) in [4.78, 5) is 45.5. The summed E-state index contributed by atoms with van der Waals surface area (Å²) in [5.41, 5.74) is 0. The molecule has 3 rings (SSSR count). The molecule has 8 atom stereocenters. The van der Waals surface area contributed by atoms with Gasteiger partial charge in [-0.1, -0.05) is 52.8 Å². The van der Waals surface area contributed by atoms with Gasteiger partial charge < -0.3 is 19.6 Å². The standard InChI is InChI=1S/C28H44N2O5S/c1-8-11-19(7)29(12-9-2)26(33)24-28-18(6)15-21(36-28)22(27(34)35-13-10-3)23(28)25(32)30(24)20(16-31)14-17(4)5/h9-10,17-24,31H,2-3,8,11-16H2,1,4-7H3/t18?,19?,20-,21-,22+,23+,24?,28?/m1/s1. The van der Waals surface area contributed by atoms with Gasteiger partial charge in [0.2, 0.25) is 11.8 Å². The summed E-state index contributed by atoms with van der Waals surface area (Å²) >= 11 is 1.63. The van der Waals surface area contributed by atoms with E-state index in [-0.39, 0.29) is 54.1 Å². The molecule has 2 bridgehead atoms. The number of fused-ring (bicyclic) bond motifs is 1. The third kappa shape index (κ3) is 4.75. The lowest BCUT2D eigenvalue weighted by Crippen LogP contribution is -2.60.